The fourth-order valence-corrected chi connectivity index (χ4v) is 4.43. The Kier molecular flexibility index (Phi) is 5.56. The van der Waals surface area contributed by atoms with Gasteiger partial charge in [0.2, 0.25) is 5.89 Å². The van der Waals surface area contributed by atoms with Crippen molar-refractivity contribution >= 4 is 39.0 Å². The Morgan fingerprint density at radius 1 is 1.11 bits per heavy atom. The van der Waals surface area contributed by atoms with E-state index in [1.54, 1.807) is 18.4 Å². The van der Waals surface area contributed by atoms with Crippen LogP contribution < -0.4 is 4.74 Å². The van der Waals surface area contributed by atoms with Crippen molar-refractivity contribution in [2.24, 2.45) is 0 Å². The molecule has 0 fully saturated rings. The van der Waals surface area contributed by atoms with Crippen molar-refractivity contribution < 1.29 is 9.15 Å². The fraction of sp³-hybridized carbons (Fsp3) is 0.105. The normalized spacial score (nSPS) is 10.9. The summed E-state index contributed by atoms with van der Waals surface area (Å²) in [5.74, 6) is 2.01. The van der Waals surface area contributed by atoms with Crippen LogP contribution in [-0.2, 0) is 5.75 Å². The van der Waals surface area contributed by atoms with Gasteiger partial charge in [-0.05, 0) is 52.3 Å². The van der Waals surface area contributed by atoms with E-state index >= 15 is 0 Å². The van der Waals surface area contributed by atoms with Gasteiger partial charge in [-0.1, -0.05) is 23.9 Å². The highest BCUT2D eigenvalue weighted by atomic mass is 79.9. The summed E-state index contributed by atoms with van der Waals surface area (Å²) in [6, 6.07) is 15.7. The summed E-state index contributed by atoms with van der Waals surface area (Å²) in [7, 11) is 1.66. The quantitative estimate of drug-likeness (QED) is 0.333. The standard InChI is InChI=1S/C19H14BrN3O2S2/c1-24-14-8-6-12(7-9-14)18-21-13(10-26-18)11-27-19-23-22-17(25-19)15-4-2-3-5-16(15)20/h2-10H,11H2,1H3. The molecular formula is C19H14BrN3O2S2. The molecule has 4 rings (SSSR count). The fourth-order valence-electron chi connectivity index (χ4n) is 2.39. The average Bonchev–Trinajstić information content (AvgIpc) is 3.36. The van der Waals surface area contributed by atoms with Gasteiger partial charge in [-0.3, -0.25) is 0 Å². The summed E-state index contributed by atoms with van der Waals surface area (Å²) in [5, 5.41) is 11.8. The predicted octanol–water partition coefficient (Wildman–Crippen LogP) is 5.92. The van der Waals surface area contributed by atoms with E-state index in [1.165, 1.54) is 11.8 Å². The second-order valence-electron chi connectivity index (χ2n) is 5.51. The van der Waals surface area contributed by atoms with Gasteiger partial charge in [0.1, 0.15) is 10.8 Å². The highest BCUT2D eigenvalue weighted by Crippen LogP contribution is 2.31. The van der Waals surface area contributed by atoms with Gasteiger partial charge in [0.15, 0.2) is 0 Å². The van der Waals surface area contributed by atoms with Crippen molar-refractivity contribution in [2.45, 2.75) is 11.0 Å². The first kappa shape index (κ1) is 18.2. The molecule has 2 aromatic heterocycles. The van der Waals surface area contributed by atoms with Crippen LogP contribution in [0.1, 0.15) is 5.69 Å². The van der Waals surface area contributed by atoms with Crippen LogP contribution in [0, 0.1) is 0 Å². The molecule has 0 spiro atoms. The molecule has 0 N–H and O–H groups in total. The minimum Gasteiger partial charge on any atom is -0.497 e. The van der Waals surface area contributed by atoms with Crippen LogP contribution in [0.25, 0.3) is 22.0 Å². The van der Waals surface area contributed by atoms with E-state index < -0.39 is 0 Å². The zero-order valence-electron chi connectivity index (χ0n) is 14.3. The Morgan fingerprint density at radius 2 is 1.93 bits per heavy atom. The number of rotatable bonds is 6. The van der Waals surface area contributed by atoms with Crippen molar-refractivity contribution in [1.82, 2.24) is 15.2 Å². The minimum atomic E-state index is 0.502. The molecule has 0 aliphatic rings. The molecule has 0 bridgehead atoms. The SMILES string of the molecule is COc1ccc(-c2nc(CSc3nnc(-c4ccccc4Br)o3)cs2)cc1. The monoisotopic (exact) mass is 459 g/mol. The van der Waals surface area contributed by atoms with Crippen molar-refractivity contribution in [3.63, 3.8) is 0 Å². The molecular weight excluding hydrogens is 446 g/mol. The van der Waals surface area contributed by atoms with Gasteiger partial charge in [-0.15, -0.1) is 21.5 Å². The molecule has 0 unspecified atom stereocenters. The highest BCUT2D eigenvalue weighted by molar-refractivity contribution is 9.10. The zero-order valence-corrected chi connectivity index (χ0v) is 17.5. The molecule has 0 atom stereocenters. The number of methoxy groups -OCH3 is 1. The molecule has 0 amide bonds. The lowest BCUT2D eigenvalue weighted by Crippen LogP contribution is -1.84. The number of thioether (sulfide) groups is 1. The molecule has 8 heteroatoms. The van der Waals surface area contributed by atoms with Gasteiger partial charge < -0.3 is 9.15 Å². The summed E-state index contributed by atoms with van der Waals surface area (Å²) in [5.41, 5.74) is 2.94. The molecule has 0 aliphatic heterocycles. The number of halogens is 1. The number of aromatic nitrogens is 3. The van der Waals surface area contributed by atoms with Crippen molar-refractivity contribution in [3.05, 3.63) is 64.1 Å². The van der Waals surface area contributed by atoms with E-state index in [-0.39, 0.29) is 0 Å². The van der Waals surface area contributed by atoms with Gasteiger partial charge in [0.05, 0.1) is 18.4 Å². The number of thiazole rings is 1. The lowest BCUT2D eigenvalue weighted by atomic mass is 10.2. The maximum Gasteiger partial charge on any atom is 0.277 e. The van der Waals surface area contributed by atoms with Gasteiger partial charge in [-0.2, -0.15) is 0 Å². The summed E-state index contributed by atoms with van der Waals surface area (Å²) in [4.78, 5) is 4.69. The molecule has 5 nitrogen and oxygen atoms in total. The van der Waals surface area contributed by atoms with Gasteiger partial charge in [0, 0.05) is 21.2 Å². The molecule has 2 aromatic carbocycles. The predicted molar refractivity (Wildman–Crippen MR) is 111 cm³/mol. The van der Waals surface area contributed by atoms with Gasteiger partial charge in [0.25, 0.3) is 5.22 Å². The molecule has 0 saturated carbocycles. The number of ether oxygens (including phenoxy) is 1. The van der Waals surface area contributed by atoms with Gasteiger partial charge in [-0.25, -0.2) is 4.98 Å². The van der Waals surface area contributed by atoms with Crippen LogP contribution in [0.4, 0.5) is 0 Å². The molecule has 0 saturated heterocycles. The van der Waals surface area contributed by atoms with Crippen molar-refractivity contribution in [2.75, 3.05) is 7.11 Å². The lowest BCUT2D eigenvalue weighted by molar-refractivity contribution is 0.415. The Labute approximate surface area is 172 Å². The summed E-state index contributed by atoms with van der Waals surface area (Å²) >= 11 is 6.60. The third-order valence-electron chi connectivity index (χ3n) is 3.74. The smallest absolute Gasteiger partial charge is 0.277 e. The number of nitrogens with zero attached hydrogens (tertiary/aromatic N) is 3. The van der Waals surface area contributed by atoms with E-state index in [9.17, 15) is 0 Å². The van der Waals surface area contributed by atoms with Crippen LogP contribution >= 0.6 is 39.0 Å². The molecule has 27 heavy (non-hydrogen) atoms. The summed E-state index contributed by atoms with van der Waals surface area (Å²) in [6.45, 7) is 0. The molecule has 2 heterocycles. The topological polar surface area (TPSA) is 61.0 Å². The maximum atomic E-state index is 5.76. The third kappa shape index (κ3) is 4.23. The molecule has 4 aromatic rings. The van der Waals surface area contributed by atoms with E-state index in [0.29, 0.717) is 16.9 Å². The first-order valence-electron chi connectivity index (χ1n) is 8.03. The maximum absolute atomic E-state index is 5.76. The zero-order chi connectivity index (χ0) is 18.6. The van der Waals surface area contributed by atoms with Crippen LogP contribution in [-0.4, -0.2) is 22.3 Å². The Morgan fingerprint density at radius 3 is 2.70 bits per heavy atom. The molecule has 136 valence electrons. The van der Waals surface area contributed by atoms with Crippen LogP contribution in [0.5, 0.6) is 5.75 Å². The summed E-state index contributed by atoms with van der Waals surface area (Å²) in [6.07, 6.45) is 0. The largest absolute Gasteiger partial charge is 0.497 e. The van der Waals surface area contributed by atoms with Gasteiger partial charge >= 0.3 is 0 Å². The van der Waals surface area contributed by atoms with Crippen LogP contribution in [0.2, 0.25) is 0 Å². The number of hydrogen-bond donors (Lipinski definition) is 0. The van der Waals surface area contributed by atoms with E-state index in [2.05, 4.69) is 36.5 Å². The summed E-state index contributed by atoms with van der Waals surface area (Å²) < 4.78 is 11.9. The minimum absolute atomic E-state index is 0.502. The second-order valence-corrected chi connectivity index (χ2v) is 8.15. The second kappa shape index (κ2) is 8.24. The van der Waals surface area contributed by atoms with E-state index in [4.69, 9.17) is 9.15 Å². The molecule has 0 radical (unpaired) electrons. The number of hydrogen-bond acceptors (Lipinski definition) is 7. The van der Waals surface area contributed by atoms with E-state index in [0.717, 1.165) is 32.1 Å². The Hall–Kier alpha value is -2.16. The van der Waals surface area contributed by atoms with Crippen molar-refractivity contribution in [1.29, 1.82) is 0 Å². The lowest BCUT2D eigenvalue weighted by Gasteiger charge is -2.00. The van der Waals surface area contributed by atoms with Crippen LogP contribution in [0.15, 0.2) is 68.0 Å². The average molecular weight is 460 g/mol. The Bertz CT molecular complexity index is 1050. The third-order valence-corrected chi connectivity index (χ3v) is 6.23. The first-order chi connectivity index (χ1) is 13.2. The Balaban J connectivity index is 1.42. The molecule has 0 aliphatic carbocycles. The van der Waals surface area contributed by atoms with E-state index in [1.807, 2.05) is 48.5 Å². The number of benzene rings is 2. The highest BCUT2D eigenvalue weighted by Gasteiger charge is 2.13. The van der Waals surface area contributed by atoms with Crippen molar-refractivity contribution in [3.8, 4) is 27.8 Å². The van der Waals surface area contributed by atoms with Crippen LogP contribution in [0.3, 0.4) is 0 Å². The first-order valence-corrected chi connectivity index (χ1v) is 10.7.